The van der Waals surface area contributed by atoms with E-state index in [1.54, 1.807) is 0 Å². The van der Waals surface area contributed by atoms with Crippen LogP contribution in [0.5, 0.6) is 0 Å². The summed E-state index contributed by atoms with van der Waals surface area (Å²) in [4.78, 5) is 5.94. The summed E-state index contributed by atoms with van der Waals surface area (Å²) in [5.41, 5.74) is 4.73. The Labute approximate surface area is 273 Å². The maximum Gasteiger partial charge on any atom is 0.0960 e. The highest BCUT2D eigenvalue weighted by molar-refractivity contribution is 7.27. The van der Waals surface area contributed by atoms with Gasteiger partial charge in [-0.25, -0.2) is 0 Å². The van der Waals surface area contributed by atoms with Crippen molar-refractivity contribution in [3.8, 4) is 0 Å². The summed E-state index contributed by atoms with van der Waals surface area (Å²) < 4.78 is 6.52. The van der Waals surface area contributed by atoms with Crippen LogP contribution in [-0.2, 0) is 0 Å². The summed E-state index contributed by atoms with van der Waals surface area (Å²) in [5.74, 6) is 0. The minimum absolute atomic E-state index is 0.125. The number of benzene rings is 7. The number of rotatable bonds is 4. The lowest BCUT2D eigenvalue weighted by Crippen LogP contribution is -2.11. The van der Waals surface area contributed by atoms with Gasteiger partial charge in [0.2, 0.25) is 0 Å². The number of thiophene rings is 2. The lowest BCUT2D eigenvalue weighted by Gasteiger charge is -2.23. The van der Waals surface area contributed by atoms with Gasteiger partial charge < -0.3 is 4.57 Å². The molecule has 46 heavy (non-hydrogen) atoms. The van der Waals surface area contributed by atoms with Gasteiger partial charge in [-0.15, -0.1) is 22.7 Å². The first-order chi connectivity index (χ1) is 22.8. The van der Waals surface area contributed by atoms with Crippen LogP contribution in [0.1, 0.15) is 16.5 Å². The Morgan fingerprint density at radius 2 is 1.11 bits per heavy atom. The van der Waals surface area contributed by atoms with Crippen LogP contribution in [-0.4, -0.2) is 11.3 Å². The summed E-state index contributed by atoms with van der Waals surface area (Å²) in [6.07, 6.45) is 0. The Morgan fingerprint density at radius 1 is 0.500 bits per heavy atom. The SMILES string of the molecule is C=Nc1c(C(c2ccccc2)n2c3c4ccccc4ccc3c3c4ccccc4c4c5ccccc5sc4c32)sc2ccccc12. The molecule has 0 aliphatic rings. The van der Waals surface area contributed by atoms with E-state index in [0.717, 1.165) is 11.1 Å². The molecular formula is C42H26N2S2. The van der Waals surface area contributed by atoms with Crippen molar-refractivity contribution in [3.05, 3.63) is 150 Å². The van der Waals surface area contributed by atoms with E-state index in [1.807, 2.05) is 22.7 Å². The largest absolute Gasteiger partial charge is 0.326 e. The van der Waals surface area contributed by atoms with Gasteiger partial charge in [-0.3, -0.25) is 4.99 Å². The fraction of sp³-hybridized carbons (Fsp3) is 0.0238. The average molecular weight is 623 g/mol. The second-order valence-electron chi connectivity index (χ2n) is 11.9. The summed E-state index contributed by atoms with van der Waals surface area (Å²) in [5, 5.41) is 11.5. The predicted molar refractivity (Wildman–Crippen MR) is 202 cm³/mol. The highest BCUT2D eigenvalue weighted by atomic mass is 32.1. The first-order valence-electron chi connectivity index (χ1n) is 15.5. The first-order valence-corrected chi connectivity index (χ1v) is 17.2. The maximum atomic E-state index is 4.73. The standard InChI is InChI=1S/C42H26N2S2/c1-43-37-31-20-10-12-22-34(31)46-42(37)38(26-14-3-2-4-15-26)44-39-27-16-6-5-13-25(27)23-24-32(39)35-28-17-7-8-18-29(28)36-30-19-9-11-21-33(30)45-41(36)40(35)44/h2-24,38H,1H2. The monoisotopic (exact) mass is 622 g/mol. The van der Waals surface area contributed by atoms with Crippen molar-refractivity contribution in [1.82, 2.24) is 4.57 Å². The van der Waals surface area contributed by atoms with Crippen LogP contribution < -0.4 is 0 Å². The summed E-state index contributed by atoms with van der Waals surface area (Å²) >= 11 is 3.75. The highest BCUT2D eigenvalue weighted by Gasteiger charge is 2.30. The number of hydrogen-bond donors (Lipinski definition) is 0. The van der Waals surface area contributed by atoms with Crippen molar-refractivity contribution < 1.29 is 0 Å². The number of aromatic nitrogens is 1. The molecule has 4 heteroatoms. The Hall–Kier alpha value is -5.29. The van der Waals surface area contributed by atoms with Gasteiger partial charge in [0.15, 0.2) is 0 Å². The Kier molecular flexibility index (Phi) is 5.56. The molecule has 0 amide bonds. The summed E-state index contributed by atoms with van der Waals surface area (Å²) in [6, 6.07) is 50.8. The molecule has 216 valence electrons. The Bertz CT molecular complexity index is 2830. The minimum Gasteiger partial charge on any atom is -0.326 e. The molecule has 0 N–H and O–H groups in total. The van der Waals surface area contributed by atoms with Gasteiger partial charge in [0.25, 0.3) is 0 Å². The molecule has 0 saturated heterocycles. The Balaban J connectivity index is 1.53. The van der Waals surface area contributed by atoms with Crippen molar-refractivity contribution >= 4 is 109 Å². The molecule has 3 heterocycles. The zero-order valence-electron chi connectivity index (χ0n) is 24.8. The predicted octanol–water partition coefficient (Wildman–Crippen LogP) is 12.7. The molecule has 0 fully saturated rings. The average Bonchev–Trinajstić information content (AvgIpc) is 3.79. The van der Waals surface area contributed by atoms with Crippen LogP contribution in [0.2, 0.25) is 0 Å². The number of fused-ring (bicyclic) bond motifs is 13. The van der Waals surface area contributed by atoms with E-state index >= 15 is 0 Å². The molecule has 0 bridgehead atoms. The first kappa shape index (κ1) is 26.0. The molecule has 10 aromatic rings. The number of hydrogen-bond acceptors (Lipinski definition) is 3. The maximum absolute atomic E-state index is 4.73. The van der Waals surface area contributed by atoms with Crippen molar-refractivity contribution in [2.45, 2.75) is 6.04 Å². The topological polar surface area (TPSA) is 17.3 Å². The van der Waals surface area contributed by atoms with Crippen molar-refractivity contribution in [1.29, 1.82) is 0 Å². The molecule has 7 aromatic carbocycles. The Morgan fingerprint density at radius 3 is 1.87 bits per heavy atom. The molecule has 0 spiro atoms. The molecule has 1 unspecified atom stereocenters. The molecule has 0 saturated carbocycles. The van der Waals surface area contributed by atoms with E-state index < -0.39 is 0 Å². The molecule has 0 aliphatic heterocycles. The molecule has 10 rings (SSSR count). The van der Waals surface area contributed by atoms with Gasteiger partial charge in [0.1, 0.15) is 0 Å². The van der Waals surface area contributed by atoms with Gasteiger partial charge in [-0.05, 0) is 40.6 Å². The third kappa shape index (κ3) is 3.48. The number of aliphatic imine (C=N–C) groups is 1. The van der Waals surface area contributed by atoms with Gasteiger partial charge >= 0.3 is 0 Å². The van der Waals surface area contributed by atoms with Gasteiger partial charge in [0.05, 0.1) is 32.3 Å². The zero-order chi connectivity index (χ0) is 30.4. The zero-order valence-corrected chi connectivity index (χ0v) is 26.4. The van der Waals surface area contributed by atoms with Crippen molar-refractivity contribution in [2.24, 2.45) is 4.99 Å². The van der Waals surface area contributed by atoms with Gasteiger partial charge in [-0.1, -0.05) is 127 Å². The lowest BCUT2D eigenvalue weighted by atomic mass is 9.98. The normalized spacial score (nSPS) is 12.8. The van der Waals surface area contributed by atoms with Gasteiger partial charge in [-0.2, -0.15) is 0 Å². The molecule has 1 atom stereocenters. The fourth-order valence-corrected chi connectivity index (χ4v) is 10.2. The van der Waals surface area contributed by atoms with E-state index in [0.29, 0.717) is 0 Å². The summed E-state index contributed by atoms with van der Waals surface area (Å²) in [7, 11) is 0. The molecule has 0 radical (unpaired) electrons. The second kappa shape index (κ2) is 9.85. The minimum atomic E-state index is -0.125. The van der Waals surface area contributed by atoms with E-state index in [9.17, 15) is 0 Å². The fourth-order valence-electron chi connectivity index (χ4n) is 7.68. The van der Waals surface area contributed by atoms with E-state index in [1.165, 1.54) is 78.7 Å². The second-order valence-corrected chi connectivity index (χ2v) is 14.0. The van der Waals surface area contributed by atoms with Crippen LogP contribution in [0.3, 0.4) is 0 Å². The third-order valence-electron chi connectivity index (χ3n) is 9.54. The number of nitrogens with zero attached hydrogens (tertiary/aromatic N) is 2. The smallest absolute Gasteiger partial charge is 0.0960 e. The van der Waals surface area contributed by atoms with Crippen LogP contribution >= 0.6 is 22.7 Å². The molecular weight excluding hydrogens is 597 g/mol. The third-order valence-corrected chi connectivity index (χ3v) is 11.9. The highest BCUT2D eigenvalue weighted by Crippen LogP contribution is 2.52. The van der Waals surface area contributed by atoms with Crippen LogP contribution in [0.25, 0.3) is 73.6 Å². The molecule has 2 nitrogen and oxygen atoms in total. The van der Waals surface area contributed by atoms with Gasteiger partial charge in [0, 0.05) is 41.7 Å². The van der Waals surface area contributed by atoms with Crippen molar-refractivity contribution in [2.75, 3.05) is 0 Å². The van der Waals surface area contributed by atoms with Crippen molar-refractivity contribution in [3.63, 3.8) is 0 Å². The van der Waals surface area contributed by atoms with Crippen LogP contribution in [0, 0.1) is 0 Å². The van der Waals surface area contributed by atoms with Crippen LogP contribution in [0.15, 0.2) is 145 Å². The molecule has 0 aliphatic carbocycles. The quantitative estimate of drug-likeness (QED) is 0.174. The molecule has 3 aromatic heterocycles. The van der Waals surface area contributed by atoms with Crippen LogP contribution in [0.4, 0.5) is 5.69 Å². The summed E-state index contributed by atoms with van der Waals surface area (Å²) in [6.45, 7) is 4.12. The van der Waals surface area contributed by atoms with E-state index in [2.05, 4.69) is 151 Å². The van der Waals surface area contributed by atoms with E-state index in [4.69, 9.17) is 4.99 Å². The lowest BCUT2D eigenvalue weighted by molar-refractivity contribution is 0.746. The van der Waals surface area contributed by atoms with E-state index in [-0.39, 0.29) is 6.04 Å².